The molecule has 1 saturated heterocycles. The van der Waals surface area contributed by atoms with Gasteiger partial charge in [0.2, 0.25) is 0 Å². The molecule has 3 amide bonds. The van der Waals surface area contributed by atoms with Crippen LogP contribution in [0.2, 0.25) is 0 Å². The van der Waals surface area contributed by atoms with E-state index in [1.54, 1.807) is 29.2 Å². The maximum absolute atomic E-state index is 12.3. The van der Waals surface area contributed by atoms with E-state index < -0.39 is 24.3 Å². The van der Waals surface area contributed by atoms with Crippen molar-refractivity contribution in [1.82, 2.24) is 9.80 Å². The van der Waals surface area contributed by atoms with E-state index in [0.717, 1.165) is 30.6 Å². The number of imide groups is 1. The van der Waals surface area contributed by atoms with Gasteiger partial charge in [0.15, 0.2) is 6.61 Å². The molecule has 0 aromatic heterocycles. The monoisotopic (exact) mass is 358 g/mol. The molecule has 1 aromatic rings. The fourth-order valence-electron chi connectivity index (χ4n) is 3.54. The van der Waals surface area contributed by atoms with Crippen molar-refractivity contribution in [2.75, 3.05) is 19.7 Å². The van der Waals surface area contributed by atoms with Gasteiger partial charge in [-0.1, -0.05) is 19.1 Å². The van der Waals surface area contributed by atoms with E-state index in [1.807, 2.05) is 6.92 Å². The molecule has 2 heterocycles. The van der Waals surface area contributed by atoms with Crippen LogP contribution in [0.3, 0.4) is 0 Å². The van der Waals surface area contributed by atoms with Gasteiger partial charge in [0.1, 0.15) is 6.54 Å². The lowest BCUT2D eigenvalue weighted by Crippen LogP contribution is -2.45. The summed E-state index contributed by atoms with van der Waals surface area (Å²) in [5.41, 5.74) is 0.556. The average Bonchev–Trinajstić information content (AvgIpc) is 2.91. The molecule has 7 heteroatoms. The first-order valence-electron chi connectivity index (χ1n) is 8.93. The van der Waals surface area contributed by atoms with Gasteiger partial charge >= 0.3 is 5.97 Å². The van der Waals surface area contributed by atoms with Crippen molar-refractivity contribution in [1.29, 1.82) is 0 Å². The topological polar surface area (TPSA) is 84.0 Å². The molecule has 0 radical (unpaired) electrons. The molecule has 26 heavy (non-hydrogen) atoms. The zero-order valence-electron chi connectivity index (χ0n) is 14.8. The number of nitrogens with zero attached hydrogens (tertiary/aromatic N) is 2. The highest BCUT2D eigenvalue weighted by Crippen LogP contribution is 2.22. The molecule has 1 unspecified atom stereocenters. The summed E-state index contributed by atoms with van der Waals surface area (Å²) in [5.74, 6) is -2.03. The van der Waals surface area contributed by atoms with Gasteiger partial charge in [-0.25, -0.2) is 0 Å². The van der Waals surface area contributed by atoms with Crippen LogP contribution in [0.4, 0.5) is 0 Å². The standard InChI is InChI=1S/C19H22N2O5/c1-2-13-7-5-6-10-20(13)16(22)12-26-17(23)11-21-18(24)14-8-3-4-9-15(14)19(21)25/h3-4,8-9,13H,2,5-7,10-12H2,1H3. The Hall–Kier alpha value is -2.70. The second-order valence-corrected chi connectivity index (χ2v) is 6.55. The smallest absolute Gasteiger partial charge is 0.326 e. The number of carbonyl (C=O) groups excluding carboxylic acids is 4. The first kappa shape index (κ1) is 18.1. The molecular weight excluding hydrogens is 336 g/mol. The lowest BCUT2D eigenvalue weighted by atomic mass is 10.00. The number of ether oxygens (including phenoxy) is 1. The van der Waals surface area contributed by atoms with Crippen LogP contribution in [0.25, 0.3) is 0 Å². The summed E-state index contributed by atoms with van der Waals surface area (Å²) in [6, 6.07) is 6.60. The molecule has 1 aromatic carbocycles. The Balaban J connectivity index is 1.54. The van der Waals surface area contributed by atoms with Crippen LogP contribution < -0.4 is 0 Å². The second-order valence-electron chi connectivity index (χ2n) is 6.55. The first-order chi connectivity index (χ1) is 12.5. The van der Waals surface area contributed by atoms with Crippen LogP contribution in [0.1, 0.15) is 53.3 Å². The summed E-state index contributed by atoms with van der Waals surface area (Å²) in [6.07, 6.45) is 3.88. The van der Waals surface area contributed by atoms with Gasteiger partial charge in [0.05, 0.1) is 11.1 Å². The third-order valence-corrected chi connectivity index (χ3v) is 4.94. The molecule has 0 aliphatic carbocycles. The first-order valence-corrected chi connectivity index (χ1v) is 8.93. The van der Waals surface area contributed by atoms with Crippen LogP contribution in [-0.2, 0) is 14.3 Å². The molecule has 1 fully saturated rings. The van der Waals surface area contributed by atoms with Crippen molar-refractivity contribution in [3.05, 3.63) is 35.4 Å². The van der Waals surface area contributed by atoms with E-state index in [1.165, 1.54) is 0 Å². The number of benzene rings is 1. The minimum atomic E-state index is -0.766. The van der Waals surface area contributed by atoms with Gasteiger partial charge in [-0.2, -0.15) is 0 Å². The SMILES string of the molecule is CCC1CCCCN1C(=O)COC(=O)CN1C(=O)c2ccccc2C1=O. The highest BCUT2D eigenvalue weighted by atomic mass is 16.5. The lowest BCUT2D eigenvalue weighted by molar-refractivity contribution is -0.153. The van der Waals surface area contributed by atoms with Crippen LogP contribution in [0.5, 0.6) is 0 Å². The van der Waals surface area contributed by atoms with E-state index in [-0.39, 0.29) is 29.7 Å². The molecule has 3 rings (SSSR count). The molecule has 1 atom stereocenters. The molecular formula is C19H22N2O5. The van der Waals surface area contributed by atoms with Gasteiger partial charge in [0, 0.05) is 12.6 Å². The minimum Gasteiger partial charge on any atom is -0.454 e. The van der Waals surface area contributed by atoms with Gasteiger partial charge in [-0.05, 0) is 37.8 Å². The van der Waals surface area contributed by atoms with Gasteiger partial charge < -0.3 is 9.64 Å². The van der Waals surface area contributed by atoms with Crippen LogP contribution in [0, 0.1) is 0 Å². The highest BCUT2D eigenvalue weighted by molar-refractivity contribution is 6.22. The summed E-state index contributed by atoms with van der Waals surface area (Å²) in [4.78, 5) is 51.4. The molecule has 2 aliphatic rings. The molecule has 0 saturated carbocycles. The number of amides is 3. The Morgan fingerprint density at radius 1 is 1.12 bits per heavy atom. The summed E-state index contributed by atoms with van der Waals surface area (Å²) in [5, 5.41) is 0. The number of carbonyl (C=O) groups is 4. The fraction of sp³-hybridized carbons (Fsp3) is 0.474. The predicted molar refractivity (Wildman–Crippen MR) is 92.4 cm³/mol. The lowest BCUT2D eigenvalue weighted by Gasteiger charge is -2.35. The second kappa shape index (κ2) is 7.68. The number of piperidine rings is 1. The van der Waals surface area contributed by atoms with E-state index in [9.17, 15) is 19.2 Å². The van der Waals surface area contributed by atoms with Gasteiger partial charge in [-0.3, -0.25) is 24.1 Å². The van der Waals surface area contributed by atoms with Crippen molar-refractivity contribution in [2.24, 2.45) is 0 Å². The molecule has 0 N–H and O–H groups in total. The van der Waals surface area contributed by atoms with E-state index in [4.69, 9.17) is 4.74 Å². The van der Waals surface area contributed by atoms with Crippen molar-refractivity contribution in [3.8, 4) is 0 Å². The maximum Gasteiger partial charge on any atom is 0.326 e. The summed E-state index contributed by atoms with van der Waals surface area (Å²) in [6.45, 7) is 1.85. The fourth-order valence-corrected chi connectivity index (χ4v) is 3.54. The zero-order chi connectivity index (χ0) is 18.7. The Kier molecular flexibility index (Phi) is 5.35. The zero-order valence-corrected chi connectivity index (χ0v) is 14.8. The Labute approximate surface area is 151 Å². The largest absolute Gasteiger partial charge is 0.454 e. The normalized spacial score (nSPS) is 19.5. The predicted octanol–water partition coefficient (Wildman–Crippen LogP) is 1.62. The Bertz CT molecular complexity index is 710. The Morgan fingerprint density at radius 2 is 1.77 bits per heavy atom. The molecule has 2 aliphatic heterocycles. The summed E-state index contributed by atoms with van der Waals surface area (Å²) >= 11 is 0. The van der Waals surface area contributed by atoms with E-state index in [0.29, 0.717) is 6.54 Å². The number of fused-ring (bicyclic) bond motifs is 1. The van der Waals surface area contributed by atoms with Crippen molar-refractivity contribution in [2.45, 2.75) is 38.6 Å². The number of rotatable bonds is 5. The van der Waals surface area contributed by atoms with Crippen molar-refractivity contribution >= 4 is 23.7 Å². The Morgan fingerprint density at radius 3 is 2.38 bits per heavy atom. The van der Waals surface area contributed by atoms with Crippen LogP contribution in [-0.4, -0.2) is 59.2 Å². The number of esters is 1. The minimum absolute atomic E-state index is 0.186. The van der Waals surface area contributed by atoms with E-state index >= 15 is 0 Å². The van der Waals surface area contributed by atoms with E-state index in [2.05, 4.69) is 0 Å². The summed E-state index contributed by atoms with van der Waals surface area (Å²) < 4.78 is 5.03. The van der Waals surface area contributed by atoms with Gasteiger partial charge in [-0.15, -0.1) is 0 Å². The molecule has 138 valence electrons. The third-order valence-electron chi connectivity index (χ3n) is 4.94. The van der Waals surface area contributed by atoms with Crippen LogP contribution >= 0.6 is 0 Å². The number of hydrogen-bond donors (Lipinski definition) is 0. The van der Waals surface area contributed by atoms with Gasteiger partial charge in [0.25, 0.3) is 17.7 Å². The third kappa shape index (κ3) is 3.47. The summed E-state index contributed by atoms with van der Waals surface area (Å²) in [7, 11) is 0. The number of likely N-dealkylation sites (tertiary alicyclic amines) is 1. The molecule has 7 nitrogen and oxygen atoms in total. The van der Waals surface area contributed by atoms with Crippen LogP contribution in [0.15, 0.2) is 24.3 Å². The quantitative estimate of drug-likeness (QED) is 0.590. The number of hydrogen-bond acceptors (Lipinski definition) is 5. The molecule has 0 spiro atoms. The van der Waals surface area contributed by atoms with Crippen molar-refractivity contribution in [3.63, 3.8) is 0 Å². The van der Waals surface area contributed by atoms with Crippen molar-refractivity contribution < 1.29 is 23.9 Å². The highest BCUT2D eigenvalue weighted by Gasteiger charge is 2.36. The average molecular weight is 358 g/mol. The molecule has 0 bridgehead atoms. The maximum atomic E-state index is 12.3.